The molecule has 1 aromatic carbocycles. The molecule has 2 heterocycles. The van der Waals surface area contributed by atoms with E-state index in [0.29, 0.717) is 18.7 Å². The molecule has 23 heavy (non-hydrogen) atoms. The van der Waals surface area contributed by atoms with Crippen LogP contribution in [0.3, 0.4) is 0 Å². The maximum absolute atomic E-state index is 13.9. The quantitative estimate of drug-likeness (QED) is 0.631. The van der Waals surface area contributed by atoms with Crippen LogP contribution in [0.2, 0.25) is 0 Å². The smallest absolute Gasteiger partial charge is 0.255 e. The number of carbonyl (C=O) groups is 1. The molecule has 0 spiro atoms. The minimum absolute atomic E-state index is 0.0527. The van der Waals surface area contributed by atoms with Gasteiger partial charge in [-0.25, -0.2) is 4.98 Å². The molecule has 1 aromatic heterocycles. The van der Waals surface area contributed by atoms with Gasteiger partial charge in [-0.3, -0.25) is 4.79 Å². The van der Waals surface area contributed by atoms with Gasteiger partial charge in [0.2, 0.25) is 5.95 Å². The van der Waals surface area contributed by atoms with Crippen molar-refractivity contribution in [3.63, 3.8) is 0 Å². The van der Waals surface area contributed by atoms with Crippen molar-refractivity contribution in [2.45, 2.75) is 27.3 Å². The largest absolute Gasteiger partial charge is 0.330 e. The van der Waals surface area contributed by atoms with Crippen LogP contribution in [0.1, 0.15) is 35.3 Å². The highest BCUT2D eigenvalue weighted by atomic mass is 19.1. The predicted molar refractivity (Wildman–Crippen MR) is 88.5 cm³/mol. The summed E-state index contributed by atoms with van der Waals surface area (Å²) in [6.07, 6.45) is 3.45. The molecule has 3 rings (SSSR count). The number of aromatic nitrogens is 1. The van der Waals surface area contributed by atoms with Gasteiger partial charge in [0.1, 0.15) is 0 Å². The summed E-state index contributed by atoms with van der Waals surface area (Å²) >= 11 is 0. The van der Waals surface area contributed by atoms with E-state index in [1.165, 1.54) is 6.20 Å². The molecule has 0 unspecified atom stereocenters. The van der Waals surface area contributed by atoms with Gasteiger partial charge in [-0.1, -0.05) is 17.7 Å². The summed E-state index contributed by atoms with van der Waals surface area (Å²) in [4.78, 5) is 18.1. The third-order valence-electron chi connectivity index (χ3n) is 4.28. The maximum Gasteiger partial charge on any atom is 0.255 e. The topological polar surface area (TPSA) is 33.2 Å². The Morgan fingerprint density at radius 2 is 2.22 bits per heavy atom. The average molecular weight is 310 g/mol. The zero-order valence-corrected chi connectivity index (χ0v) is 13.6. The van der Waals surface area contributed by atoms with E-state index in [2.05, 4.69) is 4.98 Å². The van der Waals surface area contributed by atoms with Crippen molar-refractivity contribution in [1.29, 1.82) is 0 Å². The highest BCUT2D eigenvalue weighted by Crippen LogP contribution is 2.32. The predicted octanol–water partition coefficient (Wildman–Crippen LogP) is 4.12. The normalized spacial score (nSPS) is 14.3. The highest BCUT2D eigenvalue weighted by Gasteiger charge is 2.29. The molecule has 0 atom stereocenters. The van der Waals surface area contributed by atoms with Gasteiger partial charge in [0.25, 0.3) is 5.91 Å². The molecule has 0 aliphatic carbocycles. The highest BCUT2D eigenvalue weighted by molar-refractivity contribution is 6.00. The number of aryl methyl sites for hydroxylation is 1. The van der Waals surface area contributed by atoms with Gasteiger partial charge in [0, 0.05) is 30.4 Å². The third-order valence-corrected chi connectivity index (χ3v) is 4.28. The maximum atomic E-state index is 13.9. The van der Waals surface area contributed by atoms with Crippen molar-refractivity contribution < 1.29 is 9.18 Å². The molecule has 4 heteroatoms. The lowest BCUT2D eigenvalue weighted by Crippen LogP contribution is -2.25. The number of hydrogen-bond donors (Lipinski definition) is 0. The SMILES string of the molecule is C/C=C(\C)CN1Cc2cc(-c3cccnc3F)cc(C)c2C1=O. The molecule has 0 saturated heterocycles. The second-order valence-corrected chi connectivity index (χ2v) is 5.97. The molecule has 1 aliphatic heterocycles. The summed E-state index contributed by atoms with van der Waals surface area (Å²) in [5.41, 5.74) is 4.98. The van der Waals surface area contributed by atoms with E-state index in [4.69, 9.17) is 0 Å². The average Bonchev–Trinajstić information content (AvgIpc) is 2.84. The number of amides is 1. The van der Waals surface area contributed by atoms with Crippen LogP contribution in [0.4, 0.5) is 4.39 Å². The van der Waals surface area contributed by atoms with Crippen LogP contribution in [0.15, 0.2) is 42.1 Å². The standard InChI is InChI=1S/C19H19FN2O/c1-4-12(2)10-22-11-15-9-14(8-13(3)17(15)19(22)23)16-6-5-7-21-18(16)20/h4-9H,10-11H2,1-3H3/b12-4+. The van der Waals surface area contributed by atoms with Gasteiger partial charge in [0.15, 0.2) is 0 Å². The van der Waals surface area contributed by atoms with E-state index in [-0.39, 0.29) is 5.91 Å². The van der Waals surface area contributed by atoms with Crippen molar-refractivity contribution in [2.24, 2.45) is 0 Å². The van der Waals surface area contributed by atoms with Crippen LogP contribution in [0.25, 0.3) is 11.1 Å². The summed E-state index contributed by atoms with van der Waals surface area (Å²) in [5.74, 6) is -0.435. The molecule has 0 saturated carbocycles. The lowest BCUT2D eigenvalue weighted by Gasteiger charge is -2.15. The number of fused-ring (bicyclic) bond motifs is 1. The van der Waals surface area contributed by atoms with E-state index < -0.39 is 5.95 Å². The van der Waals surface area contributed by atoms with Gasteiger partial charge in [-0.2, -0.15) is 4.39 Å². The van der Waals surface area contributed by atoms with Crippen LogP contribution < -0.4 is 0 Å². The van der Waals surface area contributed by atoms with Crippen LogP contribution in [0, 0.1) is 12.9 Å². The van der Waals surface area contributed by atoms with E-state index in [0.717, 1.165) is 27.8 Å². The Kier molecular flexibility index (Phi) is 3.99. The lowest BCUT2D eigenvalue weighted by atomic mass is 9.97. The Morgan fingerprint density at radius 1 is 1.43 bits per heavy atom. The van der Waals surface area contributed by atoms with Gasteiger partial charge < -0.3 is 4.90 Å². The minimum Gasteiger partial charge on any atom is -0.330 e. The molecule has 0 N–H and O–H groups in total. The number of allylic oxidation sites excluding steroid dienone is 1. The molecule has 118 valence electrons. The number of benzene rings is 1. The molecular formula is C19H19FN2O. The third kappa shape index (κ3) is 2.77. The van der Waals surface area contributed by atoms with E-state index in [9.17, 15) is 9.18 Å². The Morgan fingerprint density at radius 3 is 2.91 bits per heavy atom. The van der Waals surface area contributed by atoms with Crippen molar-refractivity contribution in [3.05, 3.63) is 64.7 Å². The first kappa shape index (κ1) is 15.4. The fourth-order valence-corrected chi connectivity index (χ4v) is 3.00. The summed E-state index contributed by atoms with van der Waals surface area (Å²) in [6, 6.07) is 7.20. The Hall–Kier alpha value is -2.49. The monoisotopic (exact) mass is 310 g/mol. The van der Waals surface area contributed by atoms with Gasteiger partial charge >= 0.3 is 0 Å². The Labute approximate surface area is 135 Å². The van der Waals surface area contributed by atoms with Crippen molar-refractivity contribution in [1.82, 2.24) is 9.88 Å². The molecule has 1 amide bonds. The van der Waals surface area contributed by atoms with E-state index >= 15 is 0 Å². The van der Waals surface area contributed by atoms with Crippen molar-refractivity contribution >= 4 is 5.91 Å². The van der Waals surface area contributed by atoms with Gasteiger partial charge in [-0.05, 0) is 55.7 Å². The van der Waals surface area contributed by atoms with Crippen LogP contribution in [-0.2, 0) is 6.54 Å². The molecular weight excluding hydrogens is 291 g/mol. The number of halogens is 1. The van der Waals surface area contributed by atoms with Crippen LogP contribution in [-0.4, -0.2) is 22.3 Å². The minimum atomic E-state index is -0.488. The summed E-state index contributed by atoms with van der Waals surface area (Å²) < 4.78 is 13.9. The van der Waals surface area contributed by atoms with Crippen LogP contribution in [0.5, 0.6) is 0 Å². The molecule has 3 nitrogen and oxygen atoms in total. The molecule has 0 radical (unpaired) electrons. The zero-order chi connectivity index (χ0) is 16.6. The summed E-state index contributed by atoms with van der Waals surface area (Å²) in [6.45, 7) is 7.08. The van der Waals surface area contributed by atoms with Crippen molar-refractivity contribution in [2.75, 3.05) is 6.54 Å². The number of hydrogen-bond acceptors (Lipinski definition) is 2. The molecule has 1 aliphatic rings. The number of nitrogens with zero attached hydrogens (tertiary/aromatic N) is 2. The lowest BCUT2D eigenvalue weighted by molar-refractivity contribution is 0.0792. The number of carbonyl (C=O) groups excluding carboxylic acids is 1. The fourth-order valence-electron chi connectivity index (χ4n) is 3.00. The second-order valence-electron chi connectivity index (χ2n) is 5.97. The van der Waals surface area contributed by atoms with Crippen LogP contribution >= 0.6 is 0 Å². The molecule has 2 aromatic rings. The zero-order valence-electron chi connectivity index (χ0n) is 13.6. The van der Waals surface area contributed by atoms with Crippen molar-refractivity contribution in [3.8, 4) is 11.1 Å². The summed E-state index contributed by atoms with van der Waals surface area (Å²) in [7, 11) is 0. The first-order valence-corrected chi connectivity index (χ1v) is 7.66. The molecule has 0 fully saturated rings. The first-order valence-electron chi connectivity index (χ1n) is 7.66. The number of rotatable bonds is 3. The second kappa shape index (κ2) is 5.95. The van der Waals surface area contributed by atoms with Gasteiger partial charge in [-0.15, -0.1) is 0 Å². The van der Waals surface area contributed by atoms with E-state index in [1.54, 1.807) is 12.1 Å². The van der Waals surface area contributed by atoms with E-state index in [1.807, 2.05) is 43.9 Å². The summed E-state index contributed by atoms with van der Waals surface area (Å²) in [5, 5.41) is 0. The Bertz CT molecular complexity index is 811. The fraction of sp³-hybridized carbons (Fsp3) is 0.263. The first-order chi connectivity index (χ1) is 11.0. The van der Waals surface area contributed by atoms with Gasteiger partial charge in [0.05, 0.1) is 0 Å². The number of pyridine rings is 1. The Balaban J connectivity index is 2.01. The molecule has 0 bridgehead atoms.